The van der Waals surface area contributed by atoms with E-state index in [4.69, 9.17) is 28.4 Å². The second-order valence-electron chi connectivity index (χ2n) is 5.61. The van der Waals surface area contributed by atoms with E-state index in [2.05, 4.69) is 19.9 Å². The Morgan fingerprint density at radius 3 is 1.33 bits per heavy atom. The van der Waals surface area contributed by atoms with Crippen molar-refractivity contribution < 1.29 is 100 Å². The molecule has 0 saturated heterocycles. The van der Waals surface area contributed by atoms with Gasteiger partial charge in [0.1, 0.15) is 17.1 Å². The summed E-state index contributed by atoms with van der Waals surface area (Å²) in [6.45, 7) is 0. The molecule has 3 rings (SSSR count). The van der Waals surface area contributed by atoms with Gasteiger partial charge in [-0.2, -0.15) is 19.9 Å². The van der Waals surface area contributed by atoms with Crippen LogP contribution in [0.1, 0.15) is 13.2 Å². The van der Waals surface area contributed by atoms with Gasteiger partial charge in [-0.25, -0.2) is 4.79 Å². The zero-order valence-corrected chi connectivity index (χ0v) is 23.0. The maximum atomic E-state index is 12.0. The van der Waals surface area contributed by atoms with Crippen LogP contribution >= 0.6 is 0 Å². The van der Waals surface area contributed by atoms with Gasteiger partial charge in [0.05, 0.1) is 40.6 Å². The number of hydrogen-bond acceptors (Lipinski definition) is 11. The van der Waals surface area contributed by atoms with Gasteiger partial charge in [0.25, 0.3) is 0 Å². The van der Waals surface area contributed by atoms with Crippen molar-refractivity contribution in [1.29, 1.82) is 0 Å². The summed E-state index contributed by atoms with van der Waals surface area (Å²) in [6, 6.07) is 6.87. The molecule has 14 heteroatoms. The third kappa shape index (κ3) is 7.32. The summed E-state index contributed by atoms with van der Waals surface area (Å²) >= 11 is 0. The third-order valence-electron chi connectivity index (χ3n) is 3.76. The van der Waals surface area contributed by atoms with E-state index in [0.717, 1.165) is 0 Å². The Labute approximate surface area is 236 Å². The van der Waals surface area contributed by atoms with E-state index in [1.54, 1.807) is 0 Å². The van der Waals surface area contributed by atoms with Crippen molar-refractivity contribution in [3.8, 4) is 47.0 Å². The molecule has 0 aliphatic rings. The van der Waals surface area contributed by atoms with Crippen LogP contribution in [0.25, 0.3) is 0 Å². The molecule has 3 aromatic rings. The van der Waals surface area contributed by atoms with Crippen LogP contribution in [0.15, 0.2) is 30.3 Å². The smallest absolute Gasteiger partial charge is 1.00 e. The summed E-state index contributed by atoms with van der Waals surface area (Å²) in [6.07, 6.45) is 0. The van der Waals surface area contributed by atoms with E-state index in [0.29, 0.717) is 0 Å². The fourth-order valence-corrected chi connectivity index (χ4v) is 2.37. The molecule has 0 aliphatic carbocycles. The molecule has 0 unspecified atom stereocenters. The monoisotopic (exact) mass is 478 g/mol. The first-order chi connectivity index (χ1) is 15.0. The van der Waals surface area contributed by atoms with Gasteiger partial charge in [-0.3, -0.25) is 0 Å². The molecule has 0 bridgehead atoms. The Kier molecular flexibility index (Phi) is 11.6. The zero-order chi connectivity index (χ0) is 22.4. The van der Waals surface area contributed by atoms with Gasteiger partial charge in [-0.15, -0.1) is 0 Å². The van der Waals surface area contributed by atoms with Gasteiger partial charge in [-0.05, 0) is 12.1 Å². The molecule has 0 spiro atoms. The van der Waals surface area contributed by atoms with Crippen molar-refractivity contribution in [1.82, 2.24) is 19.9 Å². The summed E-state index contributed by atoms with van der Waals surface area (Å²) in [5.74, 6) is -0.822. The van der Waals surface area contributed by atoms with Crippen molar-refractivity contribution in [3.63, 3.8) is 0 Å². The Morgan fingerprint density at radius 2 is 1.06 bits per heavy atom. The number of ether oxygens (including phenoxy) is 6. The van der Waals surface area contributed by atoms with Crippen LogP contribution < -0.4 is 87.5 Å². The molecule has 0 atom stereocenters. The number of carboxylic acids is 1. The molecule has 1 N–H and O–H groups in total. The van der Waals surface area contributed by atoms with E-state index in [1.807, 2.05) is 0 Å². The average molecular weight is 478 g/mol. The number of hydrogen-bond donors (Lipinski definition) is 1. The van der Waals surface area contributed by atoms with Gasteiger partial charge in [0.2, 0.25) is 23.5 Å². The van der Waals surface area contributed by atoms with Crippen molar-refractivity contribution in [2.24, 2.45) is 0 Å². The van der Waals surface area contributed by atoms with Crippen LogP contribution in [0.4, 0.5) is 0 Å². The molecule has 0 aliphatic heterocycles. The molecule has 2 aromatic heterocycles. The van der Waals surface area contributed by atoms with Crippen molar-refractivity contribution in [3.05, 3.63) is 35.9 Å². The molecular weight excluding hydrogens is 458 g/mol. The average Bonchev–Trinajstić information content (AvgIpc) is 2.78. The molecule has 166 valence electrons. The zero-order valence-electron chi connectivity index (χ0n) is 21.0. The Morgan fingerprint density at radius 1 is 0.727 bits per heavy atom. The minimum Gasteiger partial charge on any atom is -1.00 e. The van der Waals surface area contributed by atoms with Crippen molar-refractivity contribution >= 4 is 5.97 Å². The van der Waals surface area contributed by atoms with Crippen LogP contribution in [0.5, 0.6) is 47.0 Å². The number of aromatic carboxylic acids is 1. The number of carboxylic acid groups (broad SMARTS) is 1. The SMILES string of the molecule is COc1cc(OC)nc(Oc2cccc(Oc3nc(OC)cc(OC)n3)c2C(=O)O)n1.[H-].[H-].[Na+].[Na+]. The maximum Gasteiger partial charge on any atom is 1.00 e. The summed E-state index contributed by atoms with van der Waals surface area (Å²) in [7, 11) is 5.63. The largest absolute Gasteiger partial charge is 1.00 e. The van der Waals surface area contributed by atoms with E-state index in [1.165, 1.54) is 58.8 Å². The molecule has 1 aromatic carbocycles. The number of methoxy groups -OCH3 is 4. The number of aromatic nitrogens is 4. The second-order valence-corrected chi connectivity index (χ2v) is 5.61. The molecule has 0 saturated carbocycles. The summed E-state index contributed by atoms with van der Waals surface area (Å²) < 4.78 is 31.4. The molecule has 33 heavy (non-hydrogen) atoms. The molecule has 0 fully saturated rings. The van der Waals surface area contributed by atoms with Crippen LogP contribution in [0, 0.1) is 0 Å². The summed E-state index contributed by atoms with van der Waals surface area (Å²) in [5, 5.41) is 9.77. The first kappa shape index (κ1) is 28.7. The number of rotatable bonds is 9. The summed E-state index contributed by atoms with van der Waals surface area (Å²) in [4.78, 5) is 28.1. The third-order valence-corrected chi connectivity index (χ3v) is 3.76. The molecule has 0 radical (unpaired) electrons. The Hall–Kier alpha value is -2.35. The predicted molar refractivity (Wildman–Crippen MR) is 106 cm³/mol. The maximum absolute atomic E-state index is 12.0. The van der Waals surface area contributed by atoms with Crippen LogP contribution in [0.2, 0.25) is 0 Å². The standard InChI is InChI=1S/C19H18N4O8.2Na.2H/c1-26-12-8-13(27-2)21-18(20-12)30-10-6-5-7-11(16(10)17(24)25)31-19-22-14(28-3)9-15(23-19)29-4;;;;/h5-9H,1-4H3,(H,24,25);;;;/q;2*+1;2*-1. The first-order valence-electron chi connectivity index (χ1n) is 8.63. The first-order valence-corrected chi connectivity index (χ1v) is 8.63. The molecule has 2 heterocycles. The van der Waals surface area contributed by atoms with Crippen molar-refractivity contribution in [2.45, 2.75) is 0 Å². The minimum atomic E-state index is -1.32. The number of benzene rings is 1. The number of carbonyl (C=O) groups is 1. The van der Waals surface area contributed by atoms with Gasteiger partial charge in [-0.1, -0.05) is 6.07 Å². The topological polar surface area (TPSA) is 144 Å². The quantitative estimate of drug-likeness (QED) is 0.310. The molecular formula is C19H20N4Na2O8. The Bertz CT molecular complexity index is 994. The van der Waals surface area contributed by atoms with Gasteiger partial charge in [0.15, 0.2) is 0 Å². The number of nitrogens with zero attached hydrogens (tertiary/aromatic N) is 4. The fraction of sp³-hybridized carbons (Fsp3) is 0.211. The van der Waals surface area contributed by atoms with E-state index >= 15 is 0 Å². The predicted octanol–water partition coefficient (Wildman–Crippen LogP) is -3.18. The van der Waals surface area contributed by atoms with Crippen LogP contribution in [-0.2, 0) is 0 Å². The van der Waals surface area contributed by atoms with Crippen LogP contribution in [0.3, 0.4) is 0 Å². The van der Waals surface area contributed by atoms with E-state index in [9.17, 15) is 9.90 Å². The molecule has 0 amide bonds. The van der Waals surface area contributed by atoms with E-state index < -0.39 is 5.97 Å². The Balaban J connectivity index is 0. The van der Waals surface area contributed by atoms with Gasteiger partial charge < -0.3 is 36.4 Å². The summed E-state index contributed by atoms with van der Waals surface area (Å²) in [5.41, 5.74) is -0.307. The van der Waals surface area contributed by atoms with Crippen LogP contribution in [-0.4, -0.2) is 59.5 Å². The second kappa shape index (κ2) is 13.4. The minimum absolute atomic E-state index is 0. The van der Waals surface area contributed by atoms with E-state index in [-0.39, 0.29) is 115 Å². The normalized spacial score (nSPS) is 9.58. The van der Waals surface area contributed by atoms with Gasteiger partial charge in [0, 0.05) is 0 Å². The van der Waals surface area contributed by atoms with Crippen molar-refractivity contribution in [2.75, 3.05) is 28.4 Å². The molecule has 12 nitrogen and oxygen atoms in total. The van der Waals surface area contributed by atoms with Gasteiger partial charge >= 0.3 is 77.1 Å². The fourth-order valence-electron chi connectivity index (χ4n) is 2.37.